The van der Waals surface area contributed by atoms with Crippen LogP contribution in [0, 0.1) is 12.3 Å². The number of anilines is 2. The molecular formula is C21H21ClN4OS. The number of hydrogen-bond acceptors (Lipinski definition) is 5. The van der Waals surface area contributed by atoms with Gasteiger partial charge in [0.25, 0.3) is 5.56 Å². The van der Waals surface area contributed by atoms with Crippen molar-refractivity contribution in [2.75, 3.05) is 5.32 Å². The van der Waals surface area contributed by atoms with Crippen LogP contribution in [0.15, 0.2) is 40.2 Å². The molecule has 5 nitrogen and oxygen atoms in total. The SMILES string of the molecule is Cc1cc(S)ccc1Nc1ncc2cc(Cl)c(=O)n(C3CCCC34CC4)c2n1. The standard InChI is InChI=1S/C21H21ClN4OS/c1-12-9-14(28)4-5-16(12)24-20-23-11-13-10-15(22)19(27)26(18(13)25-20)17-3-2-6-21(17)7-8-21/h4-5,9-11,17,28H,2-3,6-8H2,1H3,(H,23,24,25). The molecule has 0 radical (unpaired) electrons. The molecule has 0 bridgehead atoms. The quantitative estimate of drug-likeness (QED) is 0.574. The summed E-state index contributed by atoms with van der Waals surface area (Å²) in [4.78, 5) is 23.1. The van der Waals surface area contributed by atoms with Gasteiger partial charge in [0.1, 0.15) is 10.7 Å². The molecule has 2 aromatic heterocycles. The lowest BCUT2D eigenvalue weighted by Gasteiger charge is -2.23. The van der Waals surface area contributed by atoms with Crippen LogP contribution in [0.4, 0.5) is 11.6 Å². The van der Waals surface area contributed by atoms with Gasteiger partial charge in [0, 0.05) is 28.2 Å². The van der Waals surface area contributed by atoms with Gasteiger partial charge in [-0.05, 0) is 67.9 Å². The fourth-order valence-electron chi connectivity index (χ4n) is 4.61. The van der Waals surface area contributed by atoms with Crippen molar-refractivity contribution in [3.05, 3.63) is 51.4 Å². The van der Waals surface area contributed by atoms with Gasteiger partial charge >= 0.3 is 0 Å². The van der Waals surface area contributed by atoms with Gasteiger partial charge < -0.3 is 5.32 Å². The van der Waals surface area contributed by atoms with Gasteiger partial charge in [-0.15, -0.1) is 12.6 Å². The molecule has 5 rings (SSSR count). The molecule has 1 atom stereocenters. The fraction of sp³-hybridized carbons (Fsp3) is 0.381. The summed E-state index contributed by atoms with van der Waals surface area (Å²) in [6, 6.07) is 7.71. The van der Waals surface area contributed by atoms with Gasteiger partial charge in [0.05, 0.1) is 0 Å². The number of nitrogens with zero attached hydrogens (tertiary/aromatic N) is 3. The minimum Gasteiger partial charge on any atom is -0.324 e. The predicted octanol–water partition coefficient (Wildman–Crippen LogP) is 5.29. The van der Waals surface area contributed by atoms with Crippen LogP contribution in [-0.2, 0) is 0 Å². The van der Waals surface area contributed by atoms with E-state index < -0.39 is 0 Å². The first-order chi connectivity index (χ1) is 13.5. The number of thiol groups is 1. The molecule has 0 amide bonds. The molecule has 1 aromatic carbocycles. The molecule has 2 heterocycles. The molecular weight excluding hydrogens is 392 g/mol. The average Bonchev–Trinajstić information content (AvgIpc) is 3.32. The van der Waals surface area contributed by atoms with Crippen molar-refractivity contribution in [1.29, 1.82) is 0 Å². The van der Waals surface area contributed by atoms with Crippen molar-refractivity contribution in [1.82, 2.24) is 14.5 Å². The van der Waals surface area contributed by atoms with E-state index in [1.807, 2.05) is 29.7 Å². The Hall–Kier alpha value is -2.05. The van der Waals surface area contributed by atoms with Crippen LogP contribution in [0.1, 0.15) is 43.7 Å². The Labute approximate surface area is 173 Å². The van der Waals surface area contributed by atoms with Gasteiger partial charge in [-0.25, -0.2) is 4.98 Å². The summed E-state index contributed by atoms with van der Waals surface area (Å²) in [5, 5.41) is 4.30. The number of nitrogens with one attached hydrogen (secondary N) is 1. The zero-order valence-electron chi connectivity index (χ0n) is 15.6. The Morgan fingerprint density at radius 1 is 1.29 bits per heavy atom. The number of fused-ring (bicyclic) bond motifs is 1. The van der Waals surface area contributed by atoms with Crippen molar-refractivity contribution in [3.63, 3.8) is 0 Å². The summed E-state index contributed by atoms with van der Waals surface area (Å²) in [5.41, 5.74) is 2.75. The molecule has 1 spiro atoms. The van der Waals surface area contributed by atoms with Crippen LogP contribution < -0.4 is 10.9 Å². The zero-order chi connectivity index (χ0) is 19.5. The Morgan fingerprint density at radius 2 is 2.11 bits per heavy atom. The highest BCUT2D eigenvalue weighted by molar-refractivity contribution is 7.80. The largest absolute Gasteiger partial charge is 0.324 e. The highest BCUT2D eigenvalue weighted by Gasteiger charge is 2.53. The summed E-state index contributed by atoms with van der Waals surface area (Å²) in [6.45, 7) is 2.01. The molecule has 144 valence electrons. The first kappa shape index (κ1) is 18.0. The molecule has 2 fully saturated rings. The summed E-state index contributed by atoms with van der Waals surface area (Å²) in [6.07, 6.45) is 7.45. The third-order valence-corrected chi connectivity index (χ3v) is 6.80. The first-order valence-electron chi connectivity index (χ1n) is 9.61. The number of halogens is 1. The van der Waals surface area contributed by atoms with Crippen molar-refractivity contribution >= 4 is 46.9 Å². The number of hydrogen-bond donors (Lipinski definition) is 2. The van der Waals surface area contributed by atoms with E-state index >= 15 is 0 Å². The topological polar surface area (TPSA) is 59.8 Å². The van der Waals surface area contributed by atoms with Gasteiger partial charge in [-0.1, -0.05) is 18.0 Å². The summed E-state index contributed by atoms with van der Waals surface area (Å²) in [7, 11) is 0. The molecule has 0 aliphatic heterocycles. The number of pyridine rings is 1. The predicted molar refractivity (Wildman–Crippen MR) is 115 cm³/mol. The second kappa shape index (κ2) is 6.49. The molecule has 0 saturated heterocycles. The average molecular weight is 413 g/mol. The van der Waals surface area contributed by atoms with Crippen molar-refractivity contribution < 1.29 is 0 Å². The first-order valence-corrected chi connectivity index (χ1v) is 10.4. The van der Waals surface area contributed by atoms with E-state index in [0.717, 1.165) is 34.4 Å². The lowest BCUT2D eigenvalue weighted by atomic mass is 10.00. The van der Waals surface area contributed by atoms with Crippen molar-refractivity contribution in [2.45, 2.75) is 50.0 Å². The van der Waals surface area contributed by atoms with E-state index in [1.54, 1.807) is 12.3 Å². The third-order valence-electron chi connectivity index (χ3n) is 6.25. The maximum Gasteiger partial charge on any atom is 0.271 e. The van der Waals surface area contributed by atoms with Crippen molar-refractivity contribution in [3.8, 4) is 0 Å². The minimum absolute atomic E-state index is 0.146. The van der Waals surface area contributed by atoms with Gasteiger partial charge in [0.2, 0.25) is 5.95 Å². The second-order valence-electron chi connectivity index (χ2n) is 8.03. The van der Waals surface area contributed by atoms with E-state index in [9.17, 15) is 4.79 Å². The lowest BCUT2D eigenvalue weighted by Crippen LogP contribution is -2.29. The van der Waals surface area contributed by atoms with Crippen LogP contribution in [-0.4, -0.2) is 14.5 Å². The molecule has 1 N–H and O–H groups in total. The third kappa shape index (κ3) is 2.90. The highest BCUT2D eigenvalue weighted by Crippen LogP contribution is 2.63. The molecule has 2 saturated carbocycles. The fourth-order valence-corrected chi connectivity index (χ4v) is 5.09. The Balaban J connectivity index is 1.63. The van der Waals surface area contributed by atoms with E-state index in [4.69, 9.17) is 16.6 Å². The van der Waals surface area contributed by atoms with Gasteiger partial charge in [-0.3, -0.25) is 9.36 Å². The maximum absolute atomic E-state index is 13.0. The number of aromatic nitrogens is 3. The Morgan fingerprint density at radius 3 is 2.86 bits per heavy atom. The van der Waals surface area contributed by atoms with Gasteiger partial charge in [-0.2, -0.15) is 4.98 Å². The smallest absolute Gasteiger partial charge is 0.271 e. The molecule has 2 aliphatic rings. The van der Waals surface area contributed by atoms with Crippen LogP contribution in [0.25, 0.3) is 11.0 Å². The Kier molecular flexibility index (Phi) is 4.18. The van der Waals surface area contributed by atoms with Crippen LogP contribution in [0.3, 0.4) is 0 Å². The molecule has 3 aromatic rings. The van der Waals surface area contributed by atoms with E-state index in [1.165, 1.54) is 19.3 Å². The second-order valence-corrected chi connectivity index (χ2v) is 8.96. The molecule has 28 heavy (non-hydrogen) atoms. The highest BCUT2D eigenvalue weighted by atomic mass is 35.5. The number of benzene rings is 1. The monoisotopic (exact) mass is 412 g/mol. The normalized spacial score (nSPS) is 20.0. The lowest BCUT2D eigenvalue weighted by molar-refractivity contribution is 0.358. The minimum atomic E-state index is -0.146. The Bertz CT molecular complexity index is 1160. The molecule has 7 heteroatoms. The summed E-state index contributed by atoms with van der Waals surface area (Å²) in [5.74, 6) is 0.473. The summed E-state index contributed by atoms with van der Waals surface area (Å²) >= 11 is 10.7. The zero-order valence-corrected chi connectivity index (χ0v) is 17.2. The van der Waals surface area contributed by atoms with Crippen LogP contribution >= 0.6 is 24.2 Å². The van der Waals surface area contributed by atoms with Crippen molar-refractivity contribution in [2.24, 2.45) is 5.41 Å². The summed E-state index contributed by atoms with van der Waals surface area (Å²) < 4.78 is 1.84. The van der Waals surface area contributed by atoms with Crippen LogP contribution in [0.2, 0.25) is 5.02 Å². The van der Waals surface area contributed by atoms with Crippen LogP contribution in [0.5, 0.6) is 0 Å². The van der Waals surface area contributed by atoms with Gasteiger partial charge in [0.15, 0.2) is 0 Å². The van der Waals surface area contributed by atoms with E-state index in [-0.39, 0.29) is 22.0 Å². The van der Waals surface area contributed by atoms with E-state index in [0.29, 0.717) is 11.6 Å². The molecule has 2 aliphatic carbocycles. The number of rotatable bonds is 3. The maximum atomic E-state index is 13.0. The molecule has 1 unspecified atom stereocenters. The van der Waals surface area contributed by atoms with E-state index in [2.05, 4.69) is 22.9 Å². The number of aryl methyl sites for hydroxylation is 1.